The first kappa shape index (κ1) is 20.9. The van der Waals surface area contributed by atoms with Crippen LogP contribution in [0.2, 0.25) is 0 Å². The van der Waals surface area contributed by atoms with Gasteiger partial charge in [-0.3, -0.25) is 0 Å². The van der Waals surface area contributed by atoms with E-state index >= 15 is 0 Å². The van der Waals surface area contributed by atoms with E-state index in [4.69, 9.17) is 11.5 Å². The van der Waals surface area contributed by atoms with Gasteiger partial charge in [-0.05, 0) is 44.6 Å². The Bertz CT molecular complexity index is 514. The second-order valence-corrected chi connectivity index (χ2v) is 5.09. The van der Waals surface area contributed by atoms with Gasteiger partial charge in [-0.2, -0.15) is 0 Å². The van der Waals surface area contributed by atoms with Gasteiger partial charge in [0.05, 0.1) is 0 Å². The summed E-state index contributed by atoms with van der Waals surface area (Å²) in [6.45, 7) is -0.0432. The standard InChI is InChI=1S/C22H28O/c1-2-3-4-5-6-7-8-9-10-11-12-13-14-15-16-17-18-19-20-21-22-23/h1,3-4,23H,5-8,11-14,17-19,22H2/b4-3-. The van der Waals surface area contributed by atoms with Crippen LogP contribution in [0.25, 0.3) is 0 Å². The molecule has 122 valence electrons. The third-order valence-electron chi connectivity index (χ3n) is 3.05. The van der Waals surface area contributed by atoms with Crippen molar-refractivity contribution in [3.63, 3.8) is 0 Å². The summed E-state index contributed by atoms with van der Waals surface area (Å²) in [6, 6.07) is 0. The molecule has 0 atom stereocenters. The Kier molecular flexibility index (Phi) is 18.2. The van der Waals surface area contributed by atoms with Crippen molar-refractivity contribution in [3.8, 4) is 47.9 Å². The zero-order chi connectivity index (χ0) is 16.8. The summed E-state index contributed by atoms with van der Waals surface area (Å²) in [5.74, 6) is 20.9. The van der Waals surface area contributed by atoms with Gasteiger partial charge in [0.2, 0.25) is 0 Å². The lowest BCUT2D eigenvalue weighted by Crippen LogP contribution is -1.76. The first-order chi connectivity index (χ1) is 11.4. The van der Waals surface area contributed by atoms with Gasteiger partial charge in [-0.15, -0.1) is 36.0 Å². The Labute approximate surface area is 143 Å². The summed E-state index contributed by atoms with van der Waals surface area (Å²) >= 11 is 0. The van der Waals surface area contributed by atoms with Gasteiger partial charge >= 0.3 is 0 Å². The lowest BCUT2D eigenvalue weighted by atomic mass is 10.1. The molecule has 0 aromatic carbocycles. The van der Waals surface area contributed by atoms with Crippen molar-refractivity contribution in [1.82, 2.24) is 0 Å². The van der Waals surface area contributed by atoms with E-state index in [1.165, 1.54) is 0 Å². The molecule has 0 saturated carbocycles. The van der Waals surface area contributed by atoms with E-state index in [0.29, 0.717) is 0 Å². The van der Waals surface area contributed by atoms with Crippen LogP contribution in [-0.2, 0) is 0 Å². The van der Waals surface area contributed by atoms with E-state index < -0.39 is 0 Å². The summed E-state index contributed by atoms with van der Waals surface area (Å²) in [7, 11) is 0. The third-order valence-corrected chi connectivity index (χ3v) is 3.05. The maximum Gasteiger partial charge on any atom is 0.104 e. The quantitative estimate of drug-likeness (QED) is 0.492. The van der Waals surface area contributed by atoms with E-state index in [1.807, 2.05) is 6.08 Å². The first-order valence-corrected chi connectivity index (χ1v) is 8.51. The highest BCUT2D eigenvalue weighted by molar-refractivity contribution is 5.08. The fraction of sp³-hybridized carbons (Fsp3) is 0.545. The van der Waals surface area contributed by atoms with Gasteiger partial charge in [-0.1, -0.05) is 17.9 Å². The highest BCUT2D eigenvalue weighted by atomic mass is 16.2. The maximum absolute atomic E-state index is 8.49. The first-order valence-electron chi connectivity index (χ1n) is 8.51. The predicted molar refractivity (Wildman–Crippen MR) is 99.2 cm³/mol. The van der Waals surface area contributed by atoms with Crippen LogP contribution >= 0.6 is 0 Å². The zero-order valence-electron chi connectivity index (χ0n) is 14.2. The van der Waals surface area contributed by atoms with Gasteiger partial charge in [0, 0.05) is 32.1 Å². The monoisotopic (exact) mass is 308 g/mol. The molecule has 0 bridgehead atoms. The molecular weight excluding hydrogens is 280 g/mol. The van der Waals surface area contributed by atoms with E-state index in [9.17, 15) is 0 Å². The number of hydrogen-bond donors (Lipinski definition) is 1. The van der Waals surface area contributed by atoms with Crippen LogP contribution in [0.5, 0.6) is 0 Å². The SMILES string of the molecule is C#C/C=C\CCCCC#CCCCCC#CCCCC#CCO. The highest BCUT2D eigenvalue weighted by Gasteiger charge is 1.85. The van der Waals surface area contributed by atoms with Crippen molar-refractivity contribution in [2.45, 2.75) is 70.6 Å². The number of aliphatic hydroxyl groups is 1. The van der Waals surface area contributed by atoms with Gasteiger partial charge in [0.25, 0.3) is 0 Å². The largest absolute Gasteiger partial charge is 0.384 e. The molecule has 1 N–H and O–H groups in total. The van der Waals surface area contributed by atoms with Crippen molar-refractivity contribution in [3.05, 3.63) is 12.2 Å². The Balaban J connectivity index is 3.32. The van der Waals surface area contributed by atoms with Crippen LogP contribution in [0.15, 0.2) is 12.2 Å². The molecule has 0 aliphatic heterocycles. The van der Waals surface area contributed by atoms with Crippen molar-refractivity contribution >= 4 is 0 Å². The number of unbranched alkanes of at least 4 members (excludes halogenated alkanes) is 8. The summed E-state index contributed by atoms with van der Waals surface area (Å²) in [5.41, 5.74) is 0. The van der Waals surface area contributed by atoms with Gasteiger partial charge < -0.3 is 5.11 Å². The average Bonchev–Trinajstić information content (AvgIpc) is 2.57. The van der Waals surface area contributed by atoms with Crippen LogP contribution in [-0.4, -0.2) is 11.7 Å². The van der Waals surface area contributed by atoms with E-state index in [2.05, 4.69) is 41.4 Å². The van der Waals surface area contributed by atoms with E-state index in [-0.39, 0.29) is 6.61 Å². The average molecular weight is 308 g/mol. The molecule has 0 amide bonds. The minimum absolute atomic E-state index is 0.0432. The second kappa shape index (κ2) is 19.9. The minimum Gasteiger partial charge on any atom is -0.384 e. The fourth-order valence-corrected chi connectivity index (χ4v) is 1.82. The molecule has 0 radical (unpaired) electrons. The number of hydrogen-bond acceptors (Lipinski definition) is 1. The summed E-state index contributed by atoms with van der Waals surface area (Å²) < 4.78 is 0. The zero-order valence-corrected chi connectivity index (χ0v) is 14.2. The Morgan fingerprint density at radius 2 is 1.13 bits per heavy atom. The molecule has 0 fully saturated rings. The summed E-state index contributed by atoms with van der Waals surface area (Å²) in [4.78, 5) is 0. The number of rotatable bonds is 9. The van der Waals surface area contributed by atoms with Crippen LogP contribution < -0.4 is 0 Å². The molecule has 23 heavy (non-hydrogen) atoms. The van der Waals surface area contributed by atoms with E-state index in [1.54, 1.807) is 6.08 Å². The Hall–Kier alpha value is -2.06. The van der Waals surface area contributed by atoms with Crippen LogP contribution in [0.3, 0.4) is 0 Å². The highest BCUT2D eigenvalue weighted by Crippen LogP contribution is 2.01. The lowest BCUT2D eigenvalue weighted by Gasteiger charge is -1.91. The maximum atomic E-state index is 8.49. The molecule has 0 aromatic rings. The molecule has 0 aliphatic rings. The number of aliphatic hydroxyl groups excluding tert-OH is 1. The number of allylic oxidation sites excluding steroid dienone is 2. The van der Waals surface area contributed by atoms with Crippen molar-refractivity contribution in [1.29, 1.82) is 0 Å². The van der Waals surface area contributed by atoms with Gasteiger partial charge in [-0.25, -0.2) is 0 Å². The van der Waals surface area contributed by atoms with Gasteiger partial charge in [0.1, 0.15) is 6.61 Å². The Morgan fingerprint density at radius 3 is 1.65 bits per heavy atom. The van der Waals surface area contributed by atoms with Crippen molar-refractivity contribution in [2.24, 2.45) is 0 Å². The molecule has 0 heterocycles. The minimum atomic E-state index is -0.0432. The fourth-order valence-electron chi connectivity index (χ4n) is 1.82. The van der Waals surface area contributed by atoms with Crippen LogP contribution in [0.1, 0.15) is 70.6 Å². The van der Waals surface area contributed by atoms with Crippen molar-refractivity contribution < 1.29 is 5.11 Å². The smallest absolute Gasteiger partial charge is 0.104 e. The summed E-state index contributed by atoms with van der Waals surface area (Å²) in [5, 5.41) is 8.49. The molecular formula is C22H28O. The predicted octanol–water partition coefficient (Wildman–Crippen LogP) is 4.47. The molecule has 0 saturated heterocycles. The van der Waals surface area contributed by atoms with Crippen molar-refractivity contribution in [2.75, 3.05) is 6.61 Å². The molecule has 0 aliphatic carbocycles. The van der Waals surface area contributed by atoms with E-state index in [0.717, 1.165) is 70.6 Å². The molecule has 0 spiro atoms. The number of terminal acetylenes is 1. The molecule has 0 aromatic heterocycles. The van der Waals surface area contributed by atoms with Crippen LogP contribution in [0, 0.1) is 47.9 Å². The van der Waals surface area contributed by atoms with Crippen LogP contribution in [0.4, 0.5) is 0 Å². The summed E-state index contributed by atoms with van der Waals surface area (Å²) in [6.07, 6.45) is 20.2. The topological polar surface area (TPSA) is 20.2 Å². The third kappa shape index (κ3) is 19.9. The molecule has 1 nitrogen and oxygen atoms in total. The van der Waals surface area contributed by atoms with Gasteiger partial charge in [0.15, 0.2) is 0 Å². The molecule has 1 heteroatoms. The second-order valence-electron chi connectivity index (χ2n) is 5.09. The normalized spacial score (nSPS) is 9.04. The lowest BCUT2D eigenvalue weighted by molar-refractivity contribution is 0.350. The Morgan fingerprint density at radius 1 is 0.652 bits per heavy atom. The molecule has 0 rings (SSSR count). The molecule has 0 unspecified atom stereocenters.